The van der Waals surface area contributed by atoms with Crippen LogP contribution >= 0.6 is 39.1 Å². The van der Waals surface area contributed by atoms with Crippen molar-refractivity contribution in [1.29, 1.82) is 5.26 Å². The Morgan fingerprint density at radius 2 is 1.94 bits per heavy atom. The standard InChI is InChI=1S/C23H14BrCl2FN2O2/c24-17-7-8-21(31-13-14-3-1-4-18(27)9-14)15(11-17)10-16(12-28)23(30)29-20-6-2-5-19(25)22(20)26/h1-11H,13H2,(H,29,30)/b16-10-. The maximum absolute atomic E-state index is 13.4. The third-order valence-electron chi connectivity index (χ3n) is 4.12. The van der Waals surface area contributed by atoms with Crippen molar-refractivity contribution in [3.63, 3.8) is 0 Å². The number of amides is 1. The van der Waals surface area contributed by atoms with Gasteiger partial charge in [0.15, 0.2) is 0 Å². The Balaban J connectivity index is 1.85. The molecule has 0 spiro atoms. The molecule has 0 radical (unpaired) electrons. The van der Waals surface area contributed by atoms with Gasteiger partial charge in [-0.05, 0) is 54.1 Å². The van der Waals surface area contributed by atoms with Crippen molar-refractivity contribution in [3.05, 3.63) is 97.7 Å². The summed E-state index contributed by atoms with van der Waals surface area (Å²) >= 11 is 15.4. The van der Waals surface area contributed by atoms with Gasteiger partial charge in [0, 0.05) is 10.0 Å². The molecule has 3 aromatic rings. The minimum absolute atomic E-state index is 0.117. The average molecular weight is 520 g/mol. The van der Waals surface area contributed by atoms with Gasteiger partial charge in [0.2, 0.25) is 0 Å². The Morgan fingerprint density at radius 3 is 2.68 bits per heavy atom. The number of hydrogen-bond acceptors (Lipinski definition) is 3. The molecule has 0 saturated heterocycles. The van der Waals surface area contributed by atoms with Crippen molar-refractivity contribution in [2.45, 2.75) is 6.61 Å². The largest absolute Gasteiger partial charge is 0.488 e. The van der Waals surface area contributed by atoms with E-state index in [1.807, 2.05) is 6.07 Å². The van der Waals surface area contributed by atoms with Crippen LogP contribution in [0.2, 0.25) is 10.0 Å². The van der Waals surface area contributed by atoms with Gasteiger partial charge < -0.3 is 10.1 Å². The SMILES string of the molecule is N#C/C(=C/c1cc(Br)ccc1OCc1cccc(F)c1)C(=O)Nc1cccc(Cl)c1Cl. The highest BCUT2D eigenvalue weighted by Gasteiger charge is 2.14. The molecule has 0 atom stereocenters. The minimum Gasteiger partial charge on any atom is -0.488 e. The number of carbonyl (C=O) groups excluding carboxylic acids is 1. The number of nitrogens with zero attached hydrogens (tertiary/aromatic N) is 1. The summed E-state index contributed by atoms with van der Waals surface area (Å²) in [6.45, 7) is 0.117. The molecule has 3 aromatic carbocycles. The molecule has 0 aliphatic carbocycles. The molecular weight excluding hydrogens is 506 g/mol. The van der Waals surface area contributed by atoms with Crippen molar-refractivity contribution >= 4 is 56.8 Å². The highest BCUT2D eigenvalue weighted by molar-refractivity contribution is 9.10. The quantitative estimate of drug-likeness (QED) is 0.281. The van der Waals surface area contributed by atoms with Crippen LogP contribution in [0.15, 0.2) is 70.7 Å². The van der Waals surface area contributed by atoms with E-state index in [1.165, 1.54) is 18.2 Å². The normalized spacial score (nSPS) is 11.0. The van der Waals surface area contributed by atoms with E-state index in [0.717, 1.165) is 4.47 Å². The summed E-state index contributed by atoms with van der Waals surface area (Å²) in [6, 6.07) is 17.9. The van der Waals surface area contributed by atoms with Crippen LogP contribution in [0.25, 0.3) is 6.08 Å². The first-order valence-electron chi connectivity index (χ1n) is 8.91. The Labute approximate surface area is 197 Å². The van der Waals surface area contributed by atoms with Crippen LogP contribution in [0.4, 0.5) is 10.1 Å². The highest BCUT2D eigenvalue weighted by Crippen LogP contribution is 2.30. The number of anilines is 1. The number of halogens is 4. The monoisotopic (exact) mass is 518 g/mol. The van der Waals surface area contributed by atoms with Crippen LogP contribution < -0.4 is 10.1 Å². The number of hydrogen-bond donors (Lipinski definition) is 1. The second kappa shape index (κ2) is 10.5. The maximum atomic E-state index is 13.4. The highest BCUT2D eigenvalue weighted by atomic mass is 79.9. The Kier molecular flexibility index (Phi) is 7.69. The molecule has 0 fully saturated rings. The predicted octanol–water partition coefficient (Wildman–Crippen LogP) is 7.02. The zero-order valence-corrected chi connectivity index (χ0v) is 18.9. The van der Waals surface area contributed by atoms with E-state index >= 15 is 0 Å². The number of rotatable bonds is 6. The predicted molar refractivity (Wildman–Crippen MR) is 124 cm³/mol. The van der Waals surface area contributed by atoms with Crippen LogP contribution in [0.5, 0.6) is 5.75 Å². The van der Waals surface area contributed by atoms with Crippen molar-refractivity contribution in [2.75, 3.05) is 5.32 Å². The first-order valence-corrected chi connectivity index (χ1v) is 10.5. The summed E-state index contributed by atoms with van der Waals surface area (Å²) in [6.07, 6.45) is 1.40. The Hall–Kier alpha value is -2.85. The van der Waals surface area contributed by atoms with Gasteiger partial charge in [0.1, 0.15) is 29.8 Å². The van der Waals surface area contributed by atoms with E-state index < -0.39 is 5.91 Å². The summed E-state index contributed by atoms with van der Waals surface area (Å²) in [4.78, 5) is 12.6. The first kappa shape index (κ1) is 22.8. The lowest BCUT2D eigenvalue weighted by atomic mass is 10.1. The fourth-order valence-corrected chi connectivity index (χ4v) is 3.37. The summed E-state index contributed by atoms with van der Waals surface area (Å²) < 4.78 is 19.9. The van der Waals surface area contributed by atoms with Gasteiger partial charge in [-0.15, -0.1) is 0 Å². The van der Waals surface area contributed by atoms with E-state index in [1.54, 1.807) is 48.5 Å². The van der Waals surface area contributed by atoms with Crippen LogP contribution in [-0.2, 0) is 11.4 Å². The van der Waals surface area contributed by atoms with E-state index in [4.69, 9.17) is 27.9 Å². The smallest absolute Gasteiger partial charge is 0.266 e. The van der Waals surface area contributed by atoms with Crippen molar-refractivity contribution in [2.24, 2.45) is 0 Å². The minimum atomic E-state index is -0.650. The second-order valence-corrected chi connectivity index (χ2v) is 8.03. The molecular formula is C23H14BrCl2FN2O2. The molecule has 3 rings (SSSR count). The fraction of sp³-hybridized carbons (Fsp3) is 0.0435. The number of nitrogens with one attached hydrogen (secondary N) is 1. The molecule has 0 aromatic heterocycles. The van der Waals surface area contributed by atoms with Crippen LogP contribution in [0, 0.1) is 17.1 Å². The van der Waals surface area contributed by atoms with Gasteiger partial charge in [-0.1, -0.05) is 57.3 Å². The van der Waals surface area contributed by atoms with E-state index in [-0.39, 0.29) is 33.7 Å². The molecule has 0 aliphatic rings. The second-order valence-electron chi connectivity index (χ2n) is 6.33. The van der Waals surface area contributed by atoms with E-state index in [0.29, 0.717) is 16.9 Å². The molecule has 0 aliphatic heterocycles. The zero-order valence-electron chi connectivity index (χ0n) is 15.8. The molecule has 8 heteroatoms. The van der Waals surface area contributed by atoms with E-state index in [2.05, 4.69) is 21.2 Å². The average Bonchev–Trinajstić information content (AvgIpc) is 2.74. The maximum Gasteiger partial charge on any atom is 0.266 e. The number of benzene rings is 3. The summed E-state index contributed by atoms with van der Waals surface area (Å²) in [7, 11) is 0. The van der Waals surface area contributed by atoms with Gasteiger partial charge in [-0.25, -0.2) is 4.39 Å². The van der Waals surface area contributed by atoms with Gasteiger partial charge in [0.25, 0.3) is 5.91 Å². The summed E-state index contributed by atoms with van der Waals surface area (Å²) in [5, 5.41) is 12.6. The summed E-state index contributed by atoms with van der Waals surface area (Å²) in [5.74, 6) is -0.586. The van der Waals surface area contributed by atoms with Crippen molar-refractivity contribution in [1.82, 2.24) is 0 Å². The molecule has 1 amide bonds. The fourth-order valence-electron chi connectivity index (χ4n) is 2.65. The van der Waals surface area contributed by atoms with Crippen molar-refractivity contribution < 1.29 is 13.9 Å². The lowest BCUT2D eigenvalue weighted by Crippen LogP contribution is -2.14. The molecule has 0 bridgehead atoms. The first-order chi connectivity index (χ1) is 14.9. The third-order valence-corrected chi connectivity index (χ3v) is 5.43. The van der Waals surface area contributed by atoms with Crippen LogP contribution in [0.1, 0.15) is 11.1 Å². The molecule has 4 nitrogen and oxygen atoms in total. The topological polar surface area (TPSA) is 62.1 Å². The van der Waals surface area contributed by atoms with Gasteiger partial charge >= 0.3 is 0 Å². The van der Waals surface area contributed by atoms with Crippen LogP contribution in [0.3, 0.4) is 0 Å². The molecule has 156 valence electrons. The molecule has 31 heavy (non-hydrogen) atoms. The molecule has 0 saturated carbocycles. The number of ether oxygens (including phenoxy) is 1. The third kappa shape index (κ3) is 6.08. The van der Waals surface area contributed by atoms with Crippen molar-refractivity contribution in [3.8, 4) is 11.8 Å². The zero-order chi connectivity index (χ0) is 22.4. The number of carbonyl (C=O) groups is 1. The molecule has 1 N–H and O–H groups in total. The Morgan fingerprint density at radius 1 is 1.16 bits per heavy atom. The number of nitriles is 1. The van der Waals surface area contributed by atoms with Gasteiger partial charge in [-0.3, -0.25) is 4.79 Å². The lowest BCUT2D eigenvalue weighted by molar-refractivity contribution is -0.112. The van der Waals surface area contributed by atoms with Gasteiger partial charge in [0.05, 0.1) is 15.7 Å². The molecule has 0 heterocycles. The van der Waals surface area contributed by atoms with Gasteiger partial charge in [-0.2, -0.15) is 5.26 Å². The van der Waals surface area contributed by atoms with Crippen LogP contribution in [-0.4, -0.2) is 5.91 Å². The Bertz CT molecular complexity index is 1210. The van der Waals surface area contributed by atoms with E-state index in [9.17, 15) is 14.4 Å². The summed E-state index contributed by atoms with van der Waals surface area (Å²) in [5.41, 5.74) is 1.27. The molecule has 0 unspecified atom stereocenters. The lowest BCUT2D eigenvalue weighted by Gasteiger charge is -2.11.